The number of urea groups is 1. The zero-order valence-corrected chi connectivity index (χ0v) is 12.1. The highest BCUT2D eigenvalue weighted by Gasteiger charge is 2.12. The Kier molecular flexibility index (Phi) is 4.49. The van der Waals surface area contributed by atoms with E-state index in [0.29, 0.717) is 11.3 Å². The fourth-order valence-electron chi connectivity index (χ4n) is 1.94. The summed E-state index contributed by atoms with van der Waals surface area (Å²) in [5, 5.41) is 5.06. The number of hydrogen-bond acceptors (Lipinski definition) is 2. The van der Waals surface area contributed by atoms with Crippen LogP contribution in [-0.4, -0.2) is 11.0 Å². The number of nitrogens with one attached hydrogen (secondary N) is 2. The molecule has 2 aromatic carbocycles. The number of halogens is 1. The van der Waals surface area contributed by atoms with Crippen molar-refractivity contribution in [3.63, 3.8) is 0 Å². The van der Waals surface area contributed by atoms with Crippen molar-refractivity contribution < 1.29 is 9.18 Å². The molecular formula is C15H14FN3OS. The zero-order valence-electron chi connectivity index (χ0n) is 11.3. The first-order valence-electron chi connectivity index (χ1n) is 6.21. The number of benzene rings is 2. The highest BCUT2D eigenvalue weighted by Crippen LogP contribution is 2.20. The van der Waals surface area contributed by atoms with E-state index in [4.69, 9.17) is 18.0 Å². The molecule has 0 aliphatic carbocycles. The minimum Gasteiger partial charge on any atom is -0.389 e. The molecule has 0 spiro atoms. The summed E-state index contributed by atoms with van der Waals surface area (Å²) in [7, 11) is 0. The average molecular weight is 303 g/mol. The van der Waals surface area contributed by atoms with Gasteiger partial charge in [0.15, 0.2) is 0 Å². The molecule has 2 amide bonds. The molecule has 0 bridgehead atoms. The van der Waals surface area contributed by atoms with Gasteiger partial charge in [-0.2, -0.15) is 0 Å². The Bertz CT molecular complexity index is 703. The second kappa shape index (κ2) is 6.32. The standard InChI is InChI=1S/C15H14FN3OS/c1-9-5-4-8-12(13(9)14(17)21)19-15(20)18-11-7-3-2-6-10(11)16/h2-8H,1H3,(H2,17,21)(H2,18,19,20). The minimum atomic E-state index is -0.566. The predicted molar refractivity (Wildman–Crippen MR) is 86.1 cm³/mol. The van der Waals surface area contributed by atoms with Crippen molar-refractivity contribution in [1.29, 1.82) is 0 Å². The number of aryl methyl sites for hydroxylation is 1. The third-order valence-electron chi connectivity index (χ3n) is 2.89. The van der Waals surface area contributed by atoms with Crippen molar-refractivity contribution in [1.82, 2.24) is 0 Å². The maximum absolute atomic E-state index is 13.5. The molecule has 0 saturated carbocycles. The van der Waals surface area contributed by atoms with E-state index in [9.17, 15) is 9.18 Å². The molecule has 0 saturated heterocycles. The largest absolute Gasteiger partial charge is 0.389 e. The molecule has 4 nitrogen and oxygen atoms in total. The predicted octanol–water partition coefficient (Wildman–Crippen LogP) is 3.41. The molecule has 6 heteroatoms. The zero-order chi connectivity index (χ0) is 15.4. The van der Waals surface area contributed by atoms with Gasteiger partial charge in [-0.15, -0.1) is 0 Å². The first kappa shape index (κ1) is 14.9. The second-order valence-corrected chi connectivity index (χ2v) is 4.86. The molecular weight excluding hydrogens is 289 g/mol. The monoisotopic (exact) mass is 303 g/mol. The van der Waals surface area contributed by atoms with E-state index in [1.807, 2.05) is 13.0 Å². The maximum Gasteiger partial charge on any atom is 0.323 e. The van der Waals surface area contributed by atoms with Crippen molar-refractivity contribution in [2.24, 2.45) is 5.73 Å². The van der Waals surface area contributed by atoms with Gasteiger partial charge in [0.05, 0.1) is 11.4 Å². The number of carbonyl (C=O) groups excluding carboxylic acids is 1. The Morgan fingerprint density at radius 1 is 1.10 bits per heavy atom. The van der Waals surface area contributed by atoms with E-state index < -0.39 is 11.8 Å². The normalized spacial score (nSPS) is 10.0. The Morgan fingerprint density at radius 3 is 2.38 bits per heavy atom. The number of rotatable bonds is 3. The summed E-state index contributed by atoms with van der Waals surface area (Å²) in [6.45, 7) is 1.84. The van der Waals surface area contributed by atoms with Gasteiger partial charge in [0.1, 0.15) is 10.8 Å². The van der Waals surface area contributed by atoms with Crippen LogP contribution in [0.2, 0.25) is 0 Å². The molecule has 21 heavy (non-hydrogen) atoms. The lowest BCUT2D eigenvalue weighted by Crippen LogP contribution is -2.23. The van der Waals surface area contributed by atoms with Crippen molar-refractivity contribution >= 4 is 34.6 Å². The summed E-state index contributed by atoms with van der Waals surface area (Å²) < 4.78 is 13.5. The van der Waals surface area contributed by atoms with Crippen LogP contribution in [0, 0.1) is 12.7 Å². The number of para-hydroxylation sites is 1. The van der Waals surface area contributed by atoms with Crippen LogP contribution in [-0.2, 0) is 0 Å². The van der Waals surface area contributed by atoms with Crippen LogP contribution in [0.3, 0.4) is 0 Å². The van der Waals surface area contributed by atoms with Gasteiger partial charge in [0, 0.05) is 5.56 Å². The quantitative estimate of drug-likeness (QED) is 0.761. The molecule has 0 aliphatic heterocycles. The van der Waals surface area contributed by atoms with Gasteiger partial charge >= 0.3 is 6.03 Å². The third-order valence-corrected chi connectivity index (χ3v) is 3.09. The molecule has 0 fully saturated rings. The van der Waals surface area contributed by atoms with Gasteiger partial charge in [-0.3, -0.25) is 0 Å². The molecule has 0 aromatic heterocycles. The van der Waals surface area contributed by atoms with E-state index in [2.05, 4.69) is 10.6 Å². The number of nitrogens with two attached hydrogens (primary N) is 1. The molecule has 0 atom stereocenters. The SMILES string of the molecule is Cc1cccc(NC(=O)Nc2ccccc2F)c1C(N)=S. The van der Waals surface area contributed by atoms with E-state index in [1.165, 1.54) is 12.1 Å². The van der Waals surface area contributed by atoms with Crippen LogP contribution in [0.25, 0.3) is 0 Å². The highest BCUT2D eigenvalue weighted by atomic mass is 32.1. The lowest BCUT2D eigenvalue weighted by molar-refractivity contribution is 0.262. The topological polar surface area (TPSA) is 67.2 Å². The summed E-state index contributed by atoms with van der Waals surface area (Å²) in [5.41, 5.74) is 7.69. The number of thiocarbonyl (C=S) groups is 1. The first-order valence-corrected chi connectivity index (χ1v) is 6.62. The number of carbonyl (C=O) groups is 1. The Hall–Kier alpha value is -2.47. The molecule has 108 valence electrons. The number of hydrogen-bond donors (Lipinski definition) is 3. The lowest BCUT2D eigenvalue weighted by atomic mass is 10.1. The van der Waals surface area contributed by atoms with Gasteiger partial charge in [-0.05, 0) is 30.7 Å². The van der Waals surface area contributed by atoms with Crippen LogP contribution < -0.4 is 16.4 Å². The van der Waals surface area contributed by atoms with Gasteiger partial charge in [0.25, 0.3) is 0 Å². The number of anilines is 2. The van der Waals surface area contributed by atoms with Crippen LogP contribution in [0.5, 0.6) is 0 Å². The third kappa shape index (κ3) is 3.55. The van der Waals surface area contributed by atoms with E-state index in [1.54, 1.807) is 24.3 Å². The van der Waals surface area contributed by atoms with E-state index >= 15 is 0 Å². The number of amides is 2. The highest BCUT2D eigenvalue weighted by molar-refractivity contribution is 7.80. The van der Waals surface area contributed by atoms with Crippen molar-refractivity contribution in [3.05, 3.63) is 59.4 Å². The molecule has 4 N–H and O–H groups in total. The van der Waals surface area contributed by atoms with Crippen molar-refractivity contribution in [2.45, 2.75) is 6.92 Å². The van der Waals surface area contributed by atoms with Gasteiger partial charge in [0.2, 0.25) is 0 Å². The molecule has 2 aromatic rings. The van der Waals surface area contributed by atoms with Crippen LogP contribution in [0.4, 0.5) is 20.6 Å². The molecule has 2 rings (SSSR count). The summed E-state index contributed by atoms with van der Waals surface area (Å²) in [6.07, 6.45) is 0. The van der Waals surface area contributed by atoms with Crippen LogP contribution >= 0.6 is 12.2 Å². The Labute approximate surface area is 127 Å². The summed E-state index contributed by atoms with van der Waals surface area (Å²) in [5.74, 6) is -0.508. The first-order chi connectivity index (χ1) is 9.99. The van der Waals surface area contributed by atoms with Crippen molar-refractivity contribution in [2.75, 3.05) is 10.6 Å². The fraction of sp³-hybridized carbons (Fsp3) is 0.0667. The fourth-order valence-corrected chi connectivity index (χ4v) is 2.21. The van der Waals surface area contributed by atoms with Gasteiger partial charge < -0.3 is 16.4 Å². The molecule has 0 aliphatic rings. The van der Waals surface area contributed by atoms with Crippen molar-refractivity contribution in [3.8, 4) is 0 Å². The van der Waals surface area contributed by atoms with Gasteiger partial charge in [-0.1, -0.05) is 36.5 Å². The lowest BCUT2D eigenvalue weighted by Gasteiger charge is -2.13. The van der Waals surface area contributed by atoms with Gasteiger partial charge in [-0.25, -0.2) is 9.18 Å². The smallest absolute Gasteiger partial charge is 0.323 e. The summed E-state index contributed by atoms with van der Waals surface area (Å²) >= 11 is 4.99. The molecule has 0 radical (unpaired) electrons. The average Bonchev–Trinajstić information content (AvgIpc) is 2.41. The Morgan fingerprint density at radius 2 is 1.71 bits per heavy atom. The van der Waals surface area contributed by atoms with E-state index in [-0.39, 0.29) is 10.7 Å². The summed E-state index contributed by atoms with van der Waals surface area (Å²) in [4.78, 5) is 12.1. The van der Waals surface area contributed by atoms with Crippen LogP contribution in [0.1, 0.15) is 11.1 Å². The maximum atomic E-state index is 13.5. The van der Waals surface area contributed by atoms with Crippen LogP contribution in [0.15, 0.2) is 42.5 Å². The van der Waals surface area contributed by atoms with E-state index in [0.717, 1.165) is 5.56 Å². The molecule has 0 heterocycles. The second-order valence-electron chi connectivity index (χ2n) is 4.42. The summed E-state index contributed by atoms with van der Waals surface area (Å²) in [6, 6.07) is 10.6. The minimum absolute atomic E-state index is 0.0968. The Balaban J connectivity index is 2.19. The molecule has 0 unspecified atom stereocenters.